The summed E-state index contributed by atoms with van der Waals surface area (Å²) in [5.41, 5.74) is 6.42. The SMILES string of the molecule is CC(=O)O.COC1C2OC(C)(C)O[C@H]2COC1(CN=Cc1cc2c3c(c1O)C(C)(C)CCN3CCC2(C)C)/N=C/c1cc2c3c(c1O)C(C)(C)CCN3CCC2(C)C.[Co]. The van der Waals surface area contributed by atoms with Crippen LogP contribution in [0.4, 0.5) is 11.4 Å². The zero-order valence-electron chi connectivity index (χ0n) is 37.1. The minimum atomic E-state index is -1.31. The number of phenols is 2. The summed E-state index contributed by atoms with van der Waals surface area (Å²) in [7, 11) is 1.65. The number of carboxylic acids is 1. The molecule has 12 nitrogen and oxygen atoms in total. The van der Waals surface area contributed by atoms with Crippen LogP contribution in [-0.2, 0) is 62.2 Å². The largest absolute Gasteiger partial charge is 0.507 e. The zero-order valence-corrected chi connectivity index (χ0v) is 38.2. The maximum atomic E-state index is 12.1. The summed E-state index contributed by atoms with van der Waals surface area (Å²) < 4.78 is 25.6. The van der Waals surface area contributed by atoms with Crippen molar-refractivity contribution >= 4 is 29.8 Å². The normalized spacial score (nSPS) is 28.8. The molecular weight excluding hydrogens is 795 g/mol. The third-order valence-electron chi connectivity index (χ3n) is 13.8. The summed E-state index contributed by atoms with van der Waals surface area (Å²) in [5, 5.41) is 31.4. The molecule has 2 fully saturated rings. The molecule has 2 aromatic rings. The quantitative estimate of drug-likeness (QED) is 0.253. The fourth-order valence-corrected chi connectivity index (χ4v) is 10.3. The van der Waals surface area contributed by atoms with Gasteiger partial charge in [0.1, 0.15) is 29.8 Å². The van der Waals surface area contributed by atoms with E-state index in [1.807, 2.05) is 13.8 Å². The Hall–Kier alpha value is -3.20. The molecule has 0 saturated carbocycles. The first-order valence-corrected chi connectivity index (χ1v) is 21.0. The second kappa shape index (κ2) is 15.6. The molecule has 6 aliphatic heterocycles. The smallest absolute Gasteiger partial charge is 0.300 e. The summed E-state index contributed by atoms with van der Waals surface area (Å²) in [4.78, 5) is 24.2. The number of benzene rings is 2. The summed E-state index contributed by atoms with van der Waals surface area (Å²) in [6.07, 6.45) is 6.10. The van der Waals surface area contributed by atoms with E-state index >= 15 is 0 Å². The van der Waals surface area contributed by atoms with Crippen molar-refractivity contribution in [2.45, 2.75) is 153 Å². The second-order valence-corrected chi connectivity index (χ2v) is 20.4. The number of carboxylic acid groups (broad SMARTS) is 1. The number of aromatic hydroxyl groups is 2. The van der Waals surface area contributed by atoms with Gasteiger partial charge in [-0.1, -0.05) is 55.4 Å². The fraction of sp³-hybridized carbons (Fsp3) is 0.674. The van der Waals surface area contributed by atoms with Crippen LogP contribution in [0.2, 0.25) is 0 Å². The summed E-state index contributed by atoms with van der Waals surface area (Å²) in [6, 6.07) is 4.25. The predicted molar refractivity (Wildman–Crippen MR) is 228 cm³/mol. The molecule has 4 atom stereocenters. The van der Waals surface area contributed by atoms with Gasteiger partial charge in [-0.2, -0.15) is 0 Å². The predicted octanol–water partition coefficient (Wildman–Crippen LogP) is 7.32. The topological polar surface area (TPSA) is 146 Å². The molecule has 8 rings (SSSR count). The van der Waals surface area contributed by atoms with Gasteiger partial charge in [0.25, 0.3) is 5.97 Å². The van der Waals surface area contributed by atoms with E-state index in [1.165, 1.54) is 22.5 Å². The molecule has 0 bridgehead atoms. The first-order valence-electron chi connectivity index (χ1n) is 21.0. The van der Waals surface area contributed by atoms with Crippen molar-refractivity contribution in [1.82, 2.24) is 0 Å². The molecular formula is C46H66CoN4O8. The van der Waals surface area contributed by atoms with Crippen LogP contribution in [-0.4, -0.2) is 110 Å². The van der Waals surface area contributed by atoms with E-state index in [-0.39, 0.29) is 69.2 Å². The maximum Gasteiger partial charge on any atom is 0.300 e. The van der Waals surface area contributed by atoms with Crippen LogP contribution in [0.25, 0.3) is 0 Å². The van der Waals surface area contributed by atoms with Gasteiger partial charge in [-0.15, -0.1) is 0 Å². The van der Waals surface area contributed by atoms with Crippen molar-refractivity contribution in [3.63, 3.8) is 0 Å². The van der Waals surface area contributed by atoms with Crippen molar-refractivity contribution in [3.8, 4) is 11.5 Å². The Morgan fingerprint density at radius 2 is 1.22 bits per heavy atom. The van der Waals surface area contributed by atoms with Gasteiger partial charge in [0.15, 0.2) is 5.79 Å². The zero-order chi connectivity index (χ0) is 42.4. The number of rotatable bonds is 6. The van der Waals surface area contributed by atoms with Gasteiger partial charge < -0.3 is 44.1 Å². The average molecular weight is 862 g/mol. The van der Waals surface area contributed by atoms with Gasteiger partial charge in [-0.05, 0) is 84.5 Å². The van der Waals surface area contributed by atoms with Crippen LogP contribution >= 0.6 is 0 Å². The Morgan fingerprint density at radius 3 is 1.68 bits per heavy atom. The molecule has 1 radical (unpaired) electrons. The Balaban J connectivity index is 0.00000112. The average Bonchev–Trinajstić information content (AvgIpc) is 3.43. The summed E-state index contributed by atoms with van der Waals surface area (Å²) in [6.45, 7) is 27.3. The summed E-state index contributed by atoms with van der Waals surface area (Å²) in [5.74, 6) is -1.10. The van der Waals surface area contributed by atoms with E-state index in [9.17, 15) is 10.2 Å². The maximum absolute atomic E-state index is 12.1. The van der Waals surface area contributed by atoms with Gasteiger partial charge in [-0.3, -0.25) is 14.8 Å². The number of fused-ring (bicyclic) bond motifs is 1. The van der Waals surface area contributed by atoms with Crippen LogP contribution in [0.5, 0.6) is 11.5 Å². The van der Waals surface area contributed by atoms with E-state index in [4.69, 9.17) is 38.8 Å². The number of methoxy groups -OCH3 is 1. The minimum absolute atomic E-state index is 0. The van der Waals surface area contributed by atoms with Gasteiger partial charge in [0.2, 0.25) is 5.72 Å². The number of phenolic OH excluding ortho intramolecular Hbond substituents is 2. The number of aliphatic imine (C=N–C) groups is 2. The van der Waals surface area contributed by atoms with Crippen molar-refractivity contribution in [3.05, 3.63) is 45.5 Å². The molecule has 0 aliphatic carbocycles. The van der Waals surface area contributed by atoms with Gasteiger partial charge in [0.05, 0.1) is 13.2 Å². The first-order chi connectivity index (χ1) is 26.9. The van der Waals surface area contributed by atoms with Crippen molar-refractivity contribution in [2.24, 2.45) is 9.98 Å². The Labute approximate surface area is 360 Å². The molecule has 2 saturated heterocycles. The molecule has 0 amide bonds. The molecule has 327 valence electrons. The molecule has 13 heteroatoms. The van der Waals surface area contributed by atoms with E-state index in [0.29, 0.717) is 11.1 Å². The second-order valence-electron chi connectivity index (χ2n) is 20.4. The monoisotopic (exact) mass is 861 g/mol. The number of hydrogen-bond donors (Lipinski definition) is 3. The number of ether oxygens (including phenoxy) is 4. The number of anilines is 2. The van der Waals surface area contributed by atoms with Crippen molar-refractivity contribution < 1.29 is 55.8 Å². The molecule has 2 aromatic carbocycles. The van der Waals surface area contributed by atoms with Gasteiger partial charge in [0, 0.05) is 103 Å². The van der Waals surface area contributed by atoms with Crippen LogP contribution < -0.4 is 9.80 Å². The number of carbonyl (C=O) groups is 1. The molecule has 6 heterocycles. The van der Waals surface area contributed by atoms with Crippen LogP contribution in [0, 0.1) is 0 Å². The Kier molecular flexibility index (Phi) is 12.0. The molecule has 0 spiro atoms. The Bertz CT molecular complexity index is 2020. The van der Waals surface area contributed by atoms with E-state index < -0.39 is 29.7 Å². The van der Waals surface area contributed by atoms with Crippen LogP contribution in [0.1, 0.15) is 135 Å². The van der Waals surface area contributed by atoms with Crippen LogP contribution in [0.15, 0.2) is 22.1 Å². The summed E-state index contributed by atoms with van der Waals surface area (Å²) >= 11 is 0. The fourth-order valence-electron chi connectivity index (χ4n) is 10.3. The van der Waals surface area contributed by atoms with Gasteiger partial charge in [-0.25, -0.2) is 0 Å². The number of nitrogens with zero attached hydrogens (tertiary/aromatic N) is 4. The number of aliphatic carboxylic acids is 1. The van der Waals surface area contributed by atoms with Crippen molar-refractivity contribution in [1.29, 1.82) is 0 Å². The molecule has 59 heavy (non-hydrogen) atoms. The van der Waals surface area contributed by atoms with E-state index in [0.717, 1.165) is 69.9 Å². The third-order valence-corrected chi connectivity index (χ3v) is 13.8. The van der Waals surface area contributed by atoms with E-state index in [2.05, 4.69) is 77.3 Å². The molecule has 3 N–H and O–H groups in total. The number of hydrogen-bond acceptors (Lipinski definition) is 11. The van der Waals surface area contributed by atoms with Gasteiger partial charge >= 0.3 is 0 Å². The first kappa shape index (κ1) is 45.3. The molecule has 0 aromatic heterocycles. The van der Waals surface area contributed by atoms with E-state index in [1.54, 1.807) is 19.5 Å². The van der Waals surface area contributed by atoms with Crippen molar-refractivity contribution in [2.75, 3.05) is 56.2 Å². The Morgan fingerprint density at radius 1 is 0.780 bits per heavy atom. The minimum Gasteiger partial charge on any atom is -0.507 e. The standard InChI is InChI=1S/C44H62N4O6.C2H4O2.Co/c1-39(2)12-16-47-18-14-41(5,6)31-33(47)28(39)20-26(35(31)49)22-45-25-44(38(51-11)37-30(24-52-44)53-43(9,10)54-37)46-23-27-21-29-34-32(36(27)50)42(7,8)15-19-48(34)17-13-40(29,3)4;1-2(3)4;/h20-23,30,37-38,49-50H,12-19,24-25H2,1-11H3;1H3,(H,3,4);/b45-22?,46-23+;;/t30-,37?,38?,44?;;/m0../s1. The molecule has 6 aliphatic rings. The third kappa shape index (κ3) is 8.04. The van der Waals surface area contributed by atoms with Crippen LogP contribution in [0.3, 0.4) is 0 Å². The molecule has 3 unspecified atom stereocenters.